The number of benzene rings is 1. The molecule has 176 valence electrons. The Bertz CT molecular complexity index is 765. The van der Waals surface area contributed by atoms with Gasteiger partial charge in [0.1, 0.15) is 5.82 Å². The van der Waals surface area contributed by atoms with Crippen molar-refractivity contribution in [2.75, 3.05) is 45.9 Å². The molecule has 1 unspecified atom stereocenters. The summed E-state index contributed by atoms with van der Waals surface area (Å²) in [6, 6.07) is 6.53. The van der Waals surface area contributed by atoms with E-state index in [-0.39, 0.29) is 29.8 Å². The summed E-state index contributed by atoms with van der Waals surface area (Å²) in [7, 11) is 0. The van der Waals surface area contributed by atoms with Crippen LogP contribution >= 0.6 is 0 Å². The molecule has 2 saturated heterocycles. The van der Waals surface area contributed by atoms with Crippen LogP contribution in [0.4, 0.5) is 9.18 Å². The van der Waals surface area contributed by atoms with E-state index in [0.717, 1.165) is 63.8 Å². The highest BCUT2D eigenvalue weighted by Gasteiger charge is 2.29. The Morgan fingerprint density at radius 2 is 1.84 bits per heavy atom. The lowest BCUT2D eigenvalue weighted by atomic mass is 9.91. The van der Waals surface area contributed by atoms with Gasteiger partial charge in [-0.05, 0) is 55.7 Å². The van der Waals surface area contributed by atoms with Crippen LogP contribution < -0.4 is 10.6 Å². The fourth-order valence-corrected chi connectivity index (χ4v) is 4.65. The van der Waals surface area contributed by atoms with E-state index in [1.165, 1.54) is 12.1 Å². The number of rotatable bonds is 8. The van der Waals surface area contributed by atoms with E-state index in [1.807, 2.05) is 17.0 Å². The van der Waals surface area contributed by atoms with Crippen molar-refractivity contribution in [3.63, 3.8) is 0 Å². The molecular formula is C24H35FN4O3. The van der Waals surface area contributed by atoms with Crippen LogP contribution in [-0.2, 0) is 16.0 Å². The Labute approximate surface area is 189 Å². The first-order chi connectivity index (χ1) is 15.5. The Hall–Kier alpha value is -2.19. The molecule has 3 amide bonds. The standard InChI is InChI=1S/C24H35FN4O3/c25-20-5-3-18(4-6-20)14-19-2-1-9-29(16-19)23(30)15-22(17-28-10-12-32-13-11-28)27-24(31)26-21-7-8-21/h3-6,19,21-22H,1-2,7-17H2,(H2,26,27,31)/t19?,22-/m0/s1. The van der Waals surface area contributed by atoms with Gasteiger partial charge in [-0.15, -0.1) is 0 Å². The number of likely N-dealkylation sites (tertiary alicyclic amines) is 1. The van der Waals surface area contributed by atoms with Gasteiger partial charge in [0.05, 0.1) is 19.3 Å². The molecule has 8 heteroatoms. The molecule has 0 radical (unpaired) electrons. The predicted molar refractivity (Wildman–Crippen MR) is 120 cm³/mol. The Kier molecular flexibility index (Phi) is 7.97. The highest BCUT2D eigenvalue weighted by molar-refractivity contribution is 5.79. The van der Waals surface area contributed by atoms with Crippen LogP contribution in [0, 0.1) is 11.7 Å². The van der Waals surface area contributed by atoms with Gasteiger partial charge >= 0.3 is 6.03 Å². The van der Waals surface area contributed by atoms with Gasteiger partial charge in [0.2, 0.25) is 5.91 Å². The van der Waals surface area contributed by atoms with Crippen LogP contribution in [-0.4, -0.2) is 79.8 Å². The molecule has 0 aromatic heterocycles. The average molecular weight is 447 g/mol. The van der Waals surface area contributed by atoms with Crippen molar-refractivity contribution in [3.8, 4) is 0 Å². The minimum Gasteiger partial charge on any atom is -0.379 e. The van der Waals surface area contributed by atoms with Crippen molar-refractivity contribution < 1.29 is 18.7 Å². The lowest BCUT2D eigenvalue weighted by Crippen LogP contribution is -2.52. The van der Waals surface area contributed by atoms with Crippen LogP contribution in [0.15, 0.2) is 24.3 Å². The molecule has 1 aliphatic carbocycles. The van der Waals surface area contributed by atoms with Gasteiger partial charge in [-0.2, -0.15) is 0 Å². The summed E-state index contributed by atoms with van der Waals surface area (Å²) in [5.74, 6) is 0.250. The third-order valence-electron chi connectivity index (χ3n) is 6.56. The summed E-state index contributed by atoms with van der Waals surface area (Å²) in [4.78, 5) is 29.7. The molecule has 1 aromatic rings. The van der Waals surface area contributed by atoms with Crippen LogP contribution in [0.25, 0.3) is 0 Å². The summed E-state index contributed by atoms with van der Waals surface area (Å²) in [6.07, 6.45) is 5.26. The lowest BCUT2D eigenvalue weighted by Gasteiger charge is -2.35. The van der Waals surface area contributed by atoms with Crippen LogP contribution in [0.1, 0.15) is 37.7 Å². The zero-order valence-electron chi connectivity index (χ0n) is 18.7. The number of hydrogen-bond donors (Lipinski definition) is 2. The van der Waals surface area contributed by atoms with Gasteiger partial charge in [0, 0.05) is 45.2 Å². The monoisotopic (exact) mass is 446 g/mol. The first-order valence-electron chi connectivity index (χ1n) is 11.9. The van der Waals surface area contributed by atoms with E-state index >= 15 is 0 Å². The van der Waals surface area contributed by atoms with Crippen molar-refractivity contribution >= 4 is 11.9 Å². The molecular weight excluding hydrogens is 411 g/mol. The first kappa shape index (κ1) is 23.0. The lowest BCUT2D eigenvalue weighted by molar-refractivity contribution is -0.133. The smallest absolute Gasteiger partial charge is 0.315 e. The number of morpholine rings is 1. The van der Waals surface area contributed by atoms with E-state index < -0.39 is 0 Å². The second kappa shape index (κ2) is 11.1. The zero-order chi connectivity index (χ0) is 22.3. The average Bonchev–Trinajstić information content (AvgIpc) is 3.60. The summed E-state index contributed by atoms with van der Waals surface area (Å²) >= 11 is 0. The topological polar surface area (TPSA) is 73.9 Å². The van der Waals surface area contributed by atoms with E-state index in [9.17, 15) is 14.0 Å². The van der Waals surface area contributed by atoms with Crippen LogP contribution in [0.2, 0.25) is 0 Å². The van der Waals surface area contributed by atoms with E-state index in [0.29, 0.717) is 32.1 Å². The molecule has 1 saturated carbocycles. The summed E-state index contributed by atoms with van der Waals surface area (Å²) < 4.78 is 18.6. The largest absolute Gasteiger partial charge is 0.379 e. The number of carbonyl (C=O) groups is 2. The highest BCUT2D eigenvalue weighted by atomic mass is 19.1. The first-order valence-corrected chi connectivity index (χ1v) is 11.9. The summed E-state index contributed by atoms with van der Waals surface area (Å²) in [6.45, 7) is 5.14. The third-order valence-corrected chi connectivity index (χ3v) is 6.56. The molecule has 3 fully saturated rings. The number of urea groups is 1. The second-order valence-corrected chi connectivity index (χ2v) is 9.38. The number of carbonyl (C=O) groups excluding carboxylic acids is 2. The molecule has 4 rings (SSSR count). The number of halogens is 1. The van der Waals surface area contributed by atoms with Crippen LogP contribution in [0.5, 0.6) is 0 Å². The molecule has 7 nitrogen and oxygen atoms in total. The van der Waals surface area contributed by atoms with Crippen molar-refractivity contribution in [1.29, 1.82) is 0 Å². The van der Waals surface area contributed by atoms with Gasteiger partial charge < -0.3 is 20.3 Å². The number of nitrogens with one attached hydrogen (secondary N) is 2. The zero-order valence-corrected chi connectivity index (χ0v) is 18.7. The van der Waals surface area contributed by atoms with E-state index in [4.69, 9.17) is 4.74 Å². The summed E-state index contributed by atoms with van der Waals surface area (Å²) in [5, 5.41) is 6.01. The molecule has 32 heavy (non-hydrogen) atoms. The van der Waals surface area contributed by atoms with Crippen LogP contribution in [0.3, 0.4) is 0 Å². The Morgan fingerprint density at radius 1 is 1.09 bits per heavy atom. The van der Waals surface area contributed by atoms with Gasteiger partial charge in [-0.1, -0.05) is 12.1 Å². The normalized spacial score (nSPS) is 22.9. The molecule has 2 atom stereocenters. The molecule has 3 aliphatic rings. The van der Waals surface area contributed by atoms with E-state index in [2.05, 4.69) is 15.5 Å². The quantitative estimate of drug-likeness (QED) is 0.642. The highest BCUT2D eigenvalue weighted by Crippen LogP contribution is 2.22. The maximum absolute atomic E-state index is 13.2. The van der Waals surface area contributed by atoms with Crippen molar-refractivity contribution in [2.45, 2.75) is 50.6 Å². The number of hydrogen-bond acceptors (Lipinski definition) is 4. The van der Waals surface area contributed by atoms with Crippen molar-refractivity contribution in [2.24, 2.45) is 5.92 Å². The molecule has 2 heterocycles. The maximum atomic E-state index is 13.2. The van der Waals surface area contributed by atoms with Gasteiger partial charge in [0.25, 0.3) is 0 Å². The number of piperidine rings is 1. The SMILES string of the molecule is O=C(NC1CC1)N[C@@H](CC(=O)N1CCCC(Cc2ccc(F)cc2)C1)CN1CCOCC1. The Balaban J connectivity index is 1.31. The number of nitrogens with zero attached hydrogens (tertiary/aromatic N) is 2. The molecule has 2 N–H and O–H groups in total. The van der Waals surface area contributed by atoms with Gasteiger partial charge in [-0.25, -0.2) is 9.18 Å². The van der Waals surface area contributed by atoms with Gasteiger partial charge in [0.15, 0.2) is 0 Å². The predicted octanol–water partition coefficient (Wildman–Crippen LogP) is 2.16. The number of ether oxygens (including phenoxy) is 1. The minimum atomic E-state index is -0.225. The molecule has 0 bridgehead atoms. The molecule has 0 spiro atoms. The van der Waals surface area contributed by atoms with E-state index in [1.54, 1.807) is 0 Å². The third kappa shape index (κ3) is 7.17. The Morgan fingerprint density at radius 3 is 2.56 bits per heavy atom. The summed E-state index contributed by atoms with van der Waals surface area (Å²) in [5.41, 5.74) is 1.11. The molecule has 1 aromatic carbocycles. The van der Waals surface area contributed by atoms with Gasteiger partial charge in [-0.3, -0.25) is 9.69 Å². The van der Waals surface area contributed by atoms with Crippen molar-refractivity contribution in [3.05, 3.63) is 35.6 Å². The molecule has 2 aliphatic heterocycles. The maximum Gasteiger partial charge on any atom is 0.315 e. The number of amides is 3. The van der Waals surface area contributed by atoms with Crippen molar-refractivity contribution in [1.82, 2.24) is 20.4 Å². The second-order valence-electron chi connectivity index (χ2n) is 9.38. The minimum absolute atomic E-state index is 0.0961. The fraction of sp³-hybridized carbons (Fsp3) is 0.667. The fourth-order valence-electron chi connectivity index (χ4n) is 4.65.